The molecule has 1 aliphatic rings. The second-order valence-corrected chi connectivity index (χ2v) is 8.07. The van der Waals surface area contributed by atoms with E-state index in [0.717, 1.165) is 35.4 Å². The molecule has 2 heterocycles. The van der Waals surface area contributed by atoms with Crippen molar-refractivity contribution >= 4 is 22.8 Å². The van der Waals surface area contributed by atoms with Gasteiger partial charge in [-0.25, -0.2) is 9.78 Å². The molecule has 0 saturated carbocycles. The lowest BCUT2D eigenvalue weighted by Crippen LogP contribution is -2.49. The van der Waals surface area contributed by atoms with Crippen LogP contribution in [-0.4, -0.2) is 69.5 Å². The third-order valence-corrected chi connectivity index (χ3v) is 5.35. The summed E-state index contributed by atoms with van der Waals surface area (Å²) < 4.78 is 16.1. The molecule has 1 aromatic carbocycles. The number of piperazine rings is 1. The fourth-order valence-electron chi connectivity index (χ4n) is 3.75. The lowest BCUT2D eigenvalue weighted by molar-refractivity contribution is 0.105. The Kier molecular flexibility index (Phi) is 7.79. The molecule has 1 aromatic heterocycles. The van der Waals surface area contributed by atoms with Crippen LogP contribution in [0.15, 0.2) is 18.2 Å². The van der Waals surface area contributed by atoms with Crippen molar-refractivity contribution in [1.82, 2.24) is 15.2 Å². The zero-order valence-electron chi connectivity index (χ0n) is 19.2. The number of rotatable bonds is 8. The van der Waals surface area contributed by atoms with E-state index in [4.69, 9.17) is 19.2 Å². The third-order valence-electron chi connectivity index (χ3n) is 5.35. The largest absolute Gasteiger partial charge is 0.493 e. The molecule has 170 valence electrons. The maximum Gasteiger partial charge on any atom is 0.409 e. The summed E-state index contributed by atoms with van der Waals surface area (Å²) in [6, 6.07) is 6.05. The summed E-state index contributed by atoms with van der Waals surface area (Å²) in [5.41, 5.74) is 1.98. The number of anilines is 1. The highest BCUT2D eigenvalue weighted by atomic mass is 16.6. The van der Waals surface area contributed by atoms with Gasteiger partial charge in [-0.15, -0.1) is 0 Å². The van der Waals surface area contributed by atoms with E-state index < -0.39 is 0 Å². The highest BCUT2D eigenvalue weighted by Gasteiger charge is 2.24. The van der Waals surface area contributed by atoms with E-state index in [2.05, 4.69) is 30.1 Å². The van der Waals surface area contributed by atoms with Crippen LogP contribution in [0.5, 0.6) is 11.5 Å². The smallest absolute Gasteiger partial charge is 0.409 e. The molecule has 8 nitrogen and oxygen atoms in total. The zero-order valence-corrected chi connectivity index (χ0v) is 19.2. The lowest BCUT2D eigenvalue weighted by Gasteiger charge is -2.35. The number of hydrogen-bond donors (Lipinski definition) is 1. The van der Waals surface area contributed by atoms with Crippen LogP contribution in [0.3, 0.4) is 0 Å². The van der Waals surface area contributed by atoms with Gasteiger partial charge in [0.2, 0.25) is 0 Å². The molecular weight excluding hydrogens is 396 g/mol. The van der Waals surface area contributed by atoms with Crippen LogP contribution in [0, 0.1) is 5.92 Å². The van der Waals surface area contributed by atoms with Crippen molar-refractivity contribution in [3.63, 3.8) is 0 Å². The number of carbonyl (C=O) groups excluding carboxylic acids is 1. The first kappa shape index (κ1) is 22.9. The van der Waals surface area contributed by atoms with Gasteiger partial charge in [0.15, 0.2) is 11.5 Å². The van der Waals surface area contributed by atoms with Crippen LogP contribution >= 0.6 is 0 Å². The molecule has 0 aliphatic carbocycles. The first-order valence-electron chi connectivity index (χ1n) is 10.9. The number of fused-ring (bicyclic) bond motifs is 1. The van der Waals surface area contributed by atoms with Gasteiger partial charge >= 0.3 is 6.09 Å². The van der Waals surface area contributed by atoms with Gasteiger partial charge in [-0.05, 0) is 31.5 Å². The molecule has 0 atom stereocenters. The number of nitrogens with zero attached hydrogens (tertiary/aromatic N) is 3. The van der Waals surface area contributed by atoms with E-state index in [-0.39, 0.29) is 6.09 Å². The van der Waals surface area contributed by atoms with E-state index in [0.29, 0.717) is 50.2 Å². The minimum atomic E-state index is -0.246. The van der Waals surface area contributed by atoms with Crippen molar-refractivity contribution in [3.05, 3.63) is 23.8 Å². The number of aromatic nitrogens is 1. The molecule has 0 radical (unpaired) electrons. The van der Waals surface area contributed by atoms with Gasteiger partial charge in [0, 0.05) is 49.7 Å². The fraction of sp³-hybridized carbons (Fsp3) is 0.565. The van der Waals surface area contributed by atoms with Crippen molar-refractivity contribution in [2.24, 2.45) is 5.92 Å². The molecule has 0 bridgehead atoms. The quantitative estimate of drug-likeness (QED) is 0.689. The van der Waals surface area contributed by atoms with E-state index >= 15 is 0 Å². The standard InChI is InChI=1S/C23H34N4O4/c1-6-31-23(28)27-9-7-26(8-10-27)22-18(15-24-14-16(2)3)11-17-12-20(29-4)21(30-5)13-19(17)25-22/h11-13,16,24H,6-10,14-15H2,1-5H3. The summed E-state index contributed by atoms with van der Waals surface area (Å²) in [4.78, 5) is 21.1. The van der Waals surface area contributed by atoms with Gasteiger partial charge in [0.25, 0.3) is 0 Å². The first-order chi connectivity index (χ1) is 15.0. The first-order valence-corrected chi connectivity index (χ1v) is 10.9. The average molecular weight is 431 g/mol. The number of benzene rings is 1. The Labute approximate surface area is 184 Å². The predicted molar refractivity (Wildman–Crippen MR) is 122 cm³/mol. The molecule has 0 unspecified atom stereocenters. The number of ether oxygens (including phenoxy) is 3. The molecule has 0 spiro atoms. The number of methoxy groups -OCH3 is 2. The highest BCUT2D eigenvalue weighted by molar-refractivity contribution is 5.85. The molecule has 1 aliphatic heterocycles. The van der Waals surface area contributed by atoms with E-state index in [1.54, 1.807) is 19.1 Å². The molecule has 1 saturated heterocycles. The van der Waals surface area contributed by atoms with Crippen LogP contribution in [0.25, 0.3) is 10.9 Å². The normalized spacial score (nSPS) is 14.3. The monoisotopic (exact) mass is 430 g/mol. The second kappa shape index (κ2) is 10.5. The minimum Gasteiger partial charge on any atom is -0.493 e. The molecule has 1 N–H and O–H groups in total. The molecule has 1 fully saturated rings. The number of carbonyl (C=O) groups is 1. The van der Waals surface area contributed by atoms with Gasteiger partial charge in [0.1, 0.15) is 5.82 Å². The third kappa shape index (κ3) is 5.50. The Hall–Kier alpha value is -2.74. The Bertz CT molecular complexity index is 895. The summed E-state index contributed by atoms with van der Waals surface area (Å²) in [6.45, 7) is 10.9. The van der Waals surface area contributed by atoms with Crippen molar-refractivity contribution in [3.8, 4) is 11.5 Å². The van der Waals surface area contributed by atoms with Gasteiger partial charge < -0.3 is 29.3 Å². The SMILES string of the molecule is CCOC(=O)N1CCN(c2nc3cc(OC)c(OC)cc3cc2CNCC(C)C)CC1. The second-order valence-electron chi connectivity index (χ2n) is 8.07. The van der Waals surface area contributed by atoms with Crippen molar-refractivity contribution in [1.29, 1.82) is 0 Å². The summed E-state index contributed by atoms with van der Waals surface area (Å²) >= 11 is 0. The summed E-state index contributed by atoms with van der Waals surface area (Å²) in [6.07, 6.45) is -0.246. The molecule has 1 amide bonds. The Morgan fingerprint density at radius 2 is 1.77 bits per heavy atom. The molecule has 31 heavy (non-hydrogen) atoms. The molecule has 2 aromatic rings. The van der Waals surface area contributed by atoms with Crippen LogP contribution in [-0.2, 0) is 11.3 Å². The topological polar surface area (TPSA) is 76.2 Å². The van der Waals surface area contributed by atoms with E-state index in [1.807, 2.05) is 19.1 Å². The maximum atomic E-state index is 12.1. The van der Waals surface area contributed by atoms with Crippen LogP contribution < -0.4 is 19.7 Å². The van der Waals surface area contributed by atoms with Gasteiger partial charge in [0.05, 0.1) is 26.3 Å². The minimum absolute atomic E-state index is 0.246. The maximum absolute atomic E-state index is 12.1. The number of amides is 1. The zero-order chi connectivity index (χ0) is 22.4. The Morgan fingerprint density at radius 3 is 2.39 bits per heavy atom. The predicted octanol–water partition coefficient (Wildman–Crippen LogP) is 3.28. The van der Waals surface area contributed by atoms with Crippen LogP contribution in [0.1, 0.15) is 26.3 Å². The Morgan fingerprint density at radius 1 is 1.10 bits per heavy atom. The summed E-state index contributed by atoms with van der Waals surface area (Å²) in [5, 5.41) is 4.54. The Balaban J connectivity index is 1.90. The number of nitrogens with one attached hydrogen (secondary N) is 1. The van der Waals surface area contributed by atoms with Crippen LogP contribution in [0.4, 0.5) is 10.6 Å². The van der Waals surface area contributed by atoms with Crippen LogP contribution in [0.2, 0.25) is 0 Å². The molecule has 8 heteroatoms. The molecule has 3 rings (SSSR count). The van der Waals surface area contributed by atoms with Crippen molar-refractivity contribution < 1.29 is 19.0 Å². The number of pyridine rings is 1. The number of hydrogen-bond acceptors (Lipinski definition) is 7. The van der Waals surface area contributed by atoms with Gasteiger partial charge in [-0.3, -0.25) is 0 Å². The summed E-state index contributed by atoms with van der Waals surface area (Å²) in [5.74, 6) is 2.86. The van der Waals surface area contributed by atoms with E-state index in [9.17, 15) is 4.79 Å². The van der Waals surface area contributed by atoms with Crippen molar-refractivity contribution in [2.45, 2.75) is 27.3 Å². The van der Waals surface area contributed by atoms with Crippen molar-refractivity contribution in [2.75, 3.05) is 58.5 Å². The van der Waals surface area contributed by atoms with Gasteiger partial charge in [-0.1, -0.05) is 13.8 Å². The lowest BCUT2D eigenvalue weighted by atomic mass is 10.1. The summed E-state index contributed by atoms with van der Waals surface area (Å²) in [7, 11) is 3.27. The fourth-order valence-corrected chi connectivity index (χ4v) is 3.75. The average Bonchev–Trinajstić information content (AvgIpc) is 2.77. The van der Waals surface area contributed by atoms with Gasteiger partial charge in [-0.2, -0.15) is 0 Å². The molecular formula is C23H34N4O4. The van der Waals surface area contributed by atoms with E-state index in [1.165, 1.54) is 0 Å². The highest BCUT2D eigenvalue weighted by Crippen LogP contribution is 2.34.